The van der Waals surface area contributed by atoms with E-state index in [0.717, 1.165) is 58.5 Å². The minimum absolute atomic E-state index is 0.0171. The molecule has 0 bridgehead atoms. The number of fused-ring (bicyclic) bond motifs is 2. The number of rotatable bonds is 15. The lowest BCUT2D eigenvalue weighted by atomic mass is 9.86. The van der Waals surface area contributed by atoms with Crippen molar-refractivity contribution in [3.05, 3.63) is 81.7 Å². The third-order valence-corrected chi connectivity index (χ3v) is 8.61. The molecule has 3 aliphatic heterocycles. The first-order chi connectivity index (χ1) is 21.2. The number of phenols is 1. The molecule has 3 heterocycles. The van der Waals surface area contributed by atoms with Crippen LogP contribution in [0, 0.1) is 0 Å². The zero-order valence-electron chi connectivity index (χ0n) is 25.3. The number of aryl methyl sites for hydroxylation is 1. The lowest BCUT2D eigenvalue weighted by molar-refractivity contribution is -0.121. The Morgan fingerprint density at radius 3 is 2.86 bits per heavy atom. The molecule has 2 aromatic carbocycles. The summed E-state index contributed by atoms with van der Waals surface area (Å²) in [5.74, 6) is 0.279. The monoisotopic (exact) mass is 604 g/mol. The van der Waals surface area contributed by atoms with Crippen molar-refractivity contribution >= 4 is 11.5 Å². The summed E-state index contributed by atoms with van der Waals surface area (Å²) in [5, 5.41) is 43.8. The minimum Gasteiger partial charge on any atom is -0.504 e. The average molecular weight is 605 g/mol. The molecule has 236 valence electrons. The number of aromatic hydroxyl groups is 1. The minimum atomic E-state index is -0.845. The van der Waals surface area contributed by atoms with Gasteiger partial charge in [0.1, 0.15) is 5.78 Å². The van der Waals surface area contributed by atoms with Crippen LogP contribution in [0.4, 0.5) is 0 Å². The maximum atomic E-state index is 12.4. The maximum Gasteiger partial charge on any atom is 0.163 e. The van der Waals surface area contributed by atoms with E-state index < -0.39 is 12.2 Å². The Morgan fingerprint density at radius 1 is 1.23 bits per heavy atom. The normalized spacial score (nSPS) is 18.7. The summed E-state index contributed by atoms with van der Waals surface area (Å²) in [5.41, 5.74) is 14.5. The van der Waals surface area contributed by atoms with Gasteiger partial charge in [-0.3, -0.25) is 15.1 Å². The molecule has 0 radical (unpaired) electrons. The molecule has 3 atom stereocenters. The number of ether oxygens (including phenoxy) is 1. The van der Waals surface area contributed by atoms with E-state index in [1.165, 1.54) is 5.56 Å². The van der Waals surface area contributed by atoms with Crippen LogP contribution in [-0.2, 0) is 30.7 Å². The number of benzene rings is 2. The van der Waals surface area contributed by atoms with Crippen molar-refractivity contribution < 1.29 is 30.0 Å². The van der Waals surface area contributed by atoms with E-state index >= 15 is 0 Å². The Hall–Kier alpha value is -3.54. The number of aliphatic imine (C=N–C) groups is 1. The molecule has 0 aliphatic carbocycles. The van der Waals surface area contributed by atoms with Gasteiger partial charge in [0.25, 0.3) is 0 Å². The van der Waals surface area contributed by atoms with E-state index in [9.17, 15) is 25.2 Å². The third-order valence-electron chi connectivity index (χ3n) is 8.61. The van der Waals surface area contributed by atoms with Crippen molar-refractivity contribution in [1.82, 2.24) is 10.2 Å². The number of aliphatic hydroxyl groups is 3. The molecule has 3 aliphatic rings. The van der Waals surface area contributed by atoms with Crippen LogP contribution in [0.25, 0.3) is 0 Å². The molecular formula is C34H44N4O6. The molecule has 0 saturated heterocycles. The lowest BCUT2D eigenvalue weighted by Crippen LogP contribution is -2.36. The van der Waals surface area contributed by atoms with Gasteiger partial charge in [0.15, 0.2) is 18.2 Å². The van der Waals surface area contributed by atoms with Gasteiger partial charge in [-0.15, -0.1) is 0 Å². The molecule has 0 aromatic heterocycles. The molecular weight excluding hydrogens is 560 g/mol. The van der Waals surface area contributed by atoms with Gasteiger partial charge in [-0.1, -0.05) is 31.5 Å². The number of nitrogens with one attached hydrogen (secondary N) is 1. The number of carbonyl (C=O) groups excluding carboxylic acids is 1. The number of phenolic OH excluding ortho intramolecular Hbond substituents is 1. The Balaban J connectivity index is 1.17. The smallest absolute Gasteiger partial charge is 0.163 e. The van der Waals surface area contributed by atoms with Crippen LogP contribution in [0.1, 0.15) is 73.0 Å². The van der Waals surface area contributed by atoms with E-state index in [2.05, 4.69) is 10.3 Å². The number of aliphatic hydroxyl groups excluding tert-OH is 3. The fraction of sp³-hybridized carbons (Fsp3) is 0.471. The van der Waals surface area contributed by atoms with Gasteiger partial charge in [0, 0.05) is 43.8 Å². The lowest BCUT2D eigenvalue weighted by Gasteiger charge is -2.27. The fourth-order valence-corrected chi connectivity index (χ4v) is 6.25. The SMILES string of the molecule is CCCC(O)CC(O)CC(=O)CCc1ccc(O)c(OCN2C=C3C(Cc4c(CO)ccc5c4CCNC5N)=CN=C3C2)c1. The second kappa shape index (κ2) is 14.5. The second-order valence-electron chi connectivity index (χ2n) is 12.0. The zero-order chi connectivity index (χ0) is 31.2. The molecule has 10 nitrogen and oxygen atoms in total. The number of Topliss-reactive ketones (excluding diaryl/α,β-unsaturated/α-hetero) is 1. The van der Waals surface area contributed by atoms with Crippen LogP contribution >= 0.6 is 0 Å². The number of nitrogens with two attached hydrogens (primary N) is 1. The summed E-state index contributed by atoms with van der Waals surface area (Å²) < 4.78 is 5.99. The topological polar surface area (TPSA) is 161 Å². The summed E-state index contributed by atoms with van der Waals surface area (Å²) in [4.78, 5) is 19.1. The van der Waals surface area contributed by atoms with Gasteiger partial charge in [0.05, 0.1) is 37.2 Å². The number of hydrogen-bond acceptors (Lipinski definition) is 10. The van der Waals surface area contributed by atoms with Crippen LogP contribution < -0.4 is 15.8 Å². The number of carbonyl (C=O) groups is 1. The average Bonchev–Trinajstić information content (AvgIpc) is 3.57. The Labute approximate surface area is 258 Å². The van der Waals surface area contributed by atoms with Crippen LogP contribution in [0.15, 0.2) is 58.9 Å². The Kier molecular flexibility index (Phi) is 10.5. The second-order valence-corrected chi connectivity index (χ2v) is 12.0. The van der Waals surface area contributed by atoms with Crippen molar-refractivity contribution in [2.24, 2.45) is 10.7 Å². The first-order valence-corrected chi connectivity index (χ1v) is 15.5. The molecule has 5 rings (SSSR count). The van der Waals surface area contributed by atoms with Crippen LogP contribution in [-0.4, -0.2) is 68.8 Å². The Morgan fingerprint density at radius 2 is 2.07 bits per heavy atom. The standard InChI is InChI=1S/C34H44N4O6/c1-2-3-24(40)14-26(42)15-25(41)7-4-21-5-9-32(43)33(12-21)44-20-38-17-30-23(16-37-31(30)18-38)13-29-22(19-39)6-8-28-27(29)10-11-36-34(28)35/h5-6,8-9,12,16-17,24,26,34,36,39-40,42-43H,2-4,7,10-11,13-15,18-20,35H2,1H3. The van der Waals surface area contributed by atoms with Crippen LogP contribution in [0.5, 0.6) is 11.5 Å². The number of allylic oxidation sites excluding steroid dienone is 1. The van der Waals surface area contributed by atoms with E-state index in [1.807, 2.05) is 36.4 Å². The molecule has 44 heavy (non-hydrogen) atoms. The van der Waals surface area contributed by atoms with Crippen molar-refractivity contribution in [2.75, 3.05) is 19.8 Å². The number of ketones is 1. The number of nitrogens with zero attached hydrogens (tertiary/aromatic N) is 2. The van der Waals surface area contributed by atoms with Gasteiger partial charge in [-0.2, -0.15) is 0 Å². The van der Waals surface area contributed by atoms with E-state index in [-0.39, 0.29) is 50.3 Å². The highest BCUT2D eigenvalue weighted by atomic mass is 16.5. The molecule has 0 amide bonds. The van der Waals surface area contributed by atoms with Gasteiger partial charge in [0.2, 0.25) is 0 Å². The van der Waals surface area contributed by atoms with Crippen molar-refractivity contribution in [2.45, 2.75) is 83.3 Å². The fourth-order valence-electron chi connectivity index (χ4n) is 6.25. The summed E-state index contributed by atoms with van der Waals surface area (Å²) in [6.45, 7) is 3.51. The number of hydrogen-bond donors (Lipinski definition) is 6. The zero-order valence-corrected chi connectivity index (χ0v) is 25.3. The quantitative estimate of drug-likeness (QED) is 0.180. The van der Waals surface area contributed by atoms with Gasteiger partial charge < -0.3 is 35.8 Å². The van der Waals surface area contributed by atoms with E-state index in [0.29, 0.717) is 31.6 Å². The van der Waals surface area contributed by atoms with Crippen molar-refractivity contribution in [3.63, 3.8) is 0 Å². The summed E-state index contributed by atoms with van der Waals surface area (Å²) in [6.07, 6.45) is 6.15. The highest BCUT2D eigenvalue weighted by Crippen LogP contribution is 2.34. The maximum absolute atomic E-state index is 12.4. The Bertz CT molecular complexity index is 1450. The molecule has 0 spiro atoms. The molecule has 0 fully saturated rings. The van der Waals surface area contributed by atoms with E-state index in [4.69, 9.17) is 10.5 Å². The summed E-state index contributed by atoms with van der Waals surface area (Å²) in [7, 11) is 0. The predicted octanol–water partition coefficient (Wildman–Crippen LogP) is 2.91. The van der Waals surface area contributed by atoms with Crippen molar-refractivity contribution in [1.29, 1.82) is 0 Å². The van der Waals surface area contributed by atoms with Crippen LogP contribution in [0.2, 0.25) is 0 Å². The molecule has 7 N–H and O–H groups in total. The first kappa shape index (κ1) is 31.9. The highest BCUT2D eigenvalue weighted by Gasteiger charge is 2.29. The van der Waals surface area contributed by atoms with E-state index in [1.54, 1.807) is 18.2 Å². The van der Waals surface area contributed by atoms with Crippen LogP contribution in [0.3, 0.4) is 0 Å². The predicted molar refractivity (Wildman–Crippen MR) is 168 cm³/mol. The molecule has 3 unspecified atom stereocenters. The summed E-state index contributed by atoms with van der Waals surface area (Å²) >= 11 is 0. The van der Waals surface area contributed by atoms with Crippen molar-refractivity contribution in [3.8, 4) is 11.5 Å². The molecule has 10 heteroatoms. The highest BCUT2D eigenvalue weighted by molar-refractivity contribution is 6.09. The molecule has 2 aromatic rings. The molecule has 0 saturated carbocycles. The largest absolute Gasteiger partial charge is 0.504 e. The van der Waals surface area contributed by atoms with Gasteiger partial charge >= 0.3 is 0 Å². The van der Waals surface area contributed by atoms with Gasteiger partial charge in [-0.25, -0.2) is 0 Å². The van der Waals surface area contributed by atoms with Gasteiger partial charge in [-0.05, 0) is 71.2 Å². The summed E-state index contributed by atoms with van der Waals surface area (Å²) in [6, 6.07) is 9.03. The third kappa shape index (κ3) is 7.57. The first-order valence-electron chi connectivity index (χ1n) is 15.5.